The van der Waals surface area contributed by atoms with Crippen molar-refractivity contribution >= 4 is 15.9 Å². The molecule has 1 atom stereocenters. The Balaban J connectivity index is 1.57. The van der Waals surface area contributed by atoms with E-state index in [1.54, 1.807) is 24.0 Å². The van der Waals surface area contributed by atoms with Crippen LogP contribution in [-0.4, -0.2) is 66.2 Å². The average Bonchev–Trinajstić information content (AvgIpc) is 2.68. The topological polar surface area (TPSA) is 77.9 Å². The van der Waals surface area contributed by atoms with Gasteiger partial charge in [-0.15, -0.1) is 0 Å². The number of piperidine rings is 2. The van der Waals surface area contributed by atoms with Crippen molar-refractivity contribution in [2.45, 2.75) is 44.6 Å². The molecule has 28 heavy (non-hydrogen) atoms. The van der Waals surface area contributed by atoms with E-state index < -0.39 is 15.6 Å². The lowest BCUT2D eigenvalue weighted by atomic mass is 9.84. The summed E-state index contributed by atoms with van der Waals surface area (Å²) in [5, 5.41) is 10.9. The second-order valence-corrected chi connectivity index (χ2v) is 10.2. The molecule has 0 saturated carbocycles. The number of hydrogen-bond acceptors (Lipinski definition) is 4. The SMILES string of the molecule is CCS(=O)(=O)N1CCCC(C(=O)N2CCC(O)(Cc3cccc(F)c3)CC2)C1. The van der Waals surface area contributed by atoms with Crippen LogP contribution in [0.5, 0.6) is 0 Å². The number of sulfonamides is 1. The molecule has 1 unspecified atom stereocenters. The van der Waals surface area contributed by atoms with Crippen LogP contribution in [0.2, 0.25) is 0 Å². The highest BCUT2D eigenvalue weighted by atomic mass is 32.2. The lowest BCUT2D eigenvalue weighted by molar-refractivity contribution is -0.140. The summed E-state index contributed by atoms with van der Waals surface area (Å²) < 4.78 is 39.1. The average molecular weight is 413 g/mol. The molecule has 2 heterocycles. The van der Waals surface area contributed by atoms with E-state index in [-0.39, 0.29) is 29.9 Å². The van der Waals surface area contributed by atoms with Gasteiger partial charge in [0, 0.05) is 32.6 Å². The number of carbonyl (C=O) groups excluding carboxylic acids is 1. The van der Waals surface area contributed by atoms with Gasteiger partial charge in [-0.3, -0.25) is 4.79 Å². The third-order valence-corrected chi connectivity index (χ3v) is 7.77. The Hall–Kier alpha value is -1.51. The number of carbonyl (C=O) groups is 1. The van der Waals surface area contributed by atoms with Crippen molar-refractivity contribution in [3.8, 4) is 0 Å². The standard InChI is InChI=1S/C20H29FN2O4S/c1-2-28(26,27)23-10-4-6-17(15-23)19(24)22-11-8-20(25,9-12-22)14-16-5-3-7-18(21)13-16/h3,5,7,13,17,25H,2,4,6,8-12,14-15H2,1H3. The Morgan fingerprint density at radius 2 is 2.00 bits per heavy atom. The molecule has 2 aliphatic heterocycles. The van der Waals surface area contributed by atoms with Crippen LogP contribution in [0.25, 0.3) is 0 Å². The molecule has 2 fully saturated rings. The maximum absolute atomic E-state index is 13.4. The molecule has 0 aliphatic carbocycles. The second kappa shape index (κ2) is 8.47. The molecule has 1 aromatic rings. The third-order valence-electron chi connectivity index (χ3n) is 5.92. The highest BCUT2D eigenvalue weighted by Gasteiger charge is 2.38. The number of benzene rings is 1. The van der Waals surface area contributed by atoms with Gasteiger partial charge in [-0.2, -0.15) is 0 Å². The second-order valence-electron chi connectivity index (χ2n) is 7.95. The zero-order valence-electron chi connectivity index (χ0n) is 16.3. The third kappa shape index (κ3) is 4.90. The smallest absolute Gasteiger partial charge is 0.227 e. The zero-order valence-corrected chi connectivity index (χ0v) is 17.1. The van der Waals surface area contributed by atoms with Crippen LogP contribution in [0.1, 0.15) is 38.2 Å². The normalized spacial score (nSPS) is 23.5. The predicted octanol–water partition coefficient (Wildman–Crippen LogP) is 1.78. The molecule has 6 nitrogen and oxygen atoms in total. The van der Waals surface area contributed by atoms with Crippen LogP contribution in [0.4, 0.5) is 4.39 Å². The zero-order chi connectivity index (χ0) is 20.4. The molecule has 3 rings (SSSR count). The minimum atomic E-state index is -3.28. The van der Waals surface area contributed by atoms with Crippen molar-refractivity contribution in [3.05, 3.63) is 35.6 Å². The molecule has 0 bridgehead atoms. The summed E-state index contributed by atoms with van der Waals surface area (Å²) in [5.41, 5.74) is -0.204. The van der Waals surface area contributed by atoms with Crippen molar-refractivity contribution in [2.75, 3.05) is 31.9 Å². The summed E-state index contributed by atoms with van der Waals surface area (Å²) in [6.07, 6.45) is 2.60. The van der Waals surface area contributed by atoms with Gasteiger partial charge in [0.15, 0.2) is 0 Å². The van der Waals surface area contributed by atoms with Crippen LogP contribution in [0, 0.1) is 11.7 Å². The van der Waals surface area contributed by atoms with Crippen LogP contribution < -0.4 is 0 Å². The molecule has 2 aliphatic rings. The first-order valence-corrected chi connectivity index (χ1v) is 11.6. The van der Waals surface area contributed by atoms with Gasteiger partial charge in [0.05, 0.1) is 17.3 Å². The van der Waals surface area contributed by atoms with Gasteiger partial charge in [0.2, 0.25) is 15.9 Å². The first kappa shape index (κ1) is 21.2. The molecule has 2 saturated heterocycles. The van der Waals surface area contributed by atoms with Crippen LogP contribution in [0.15, 0.2) is 24.3 Å². The van der Waals surface area contributed by atoms with Crippen LogP contribution in [-0.2, 0) is 21.2 Å². The van der Waals surface area contributed by atoms with Crippen LogP contribution in [0.3, 0.4) is 0 Å². The number of amides is 1. The summed E-state index contributed by atoms with van der Waals surface area (Å²) in [4.78, 5) is 14.6. The van der Waals surface area contributed by atoms with E-state index >= 15 is 0 Å². The van der Waals surface area contributed by atoms with Crippen molar-refractivity contribution in [1.29, 1.82) is 0 Å². The molecular weight excluding hydrogens is 383 g/mol. The fourth-order valence-corrected chi connectivity index (χ4v) is 5.36. The number of hydrogen-bond donors (Lipinski definition) is 1. The van der Waals surface area contributed by atoms with E-state index in [1.807, 2.05) is 0 Å². The molecule has 0 radical (unpaired) electrons. The summed E-state index contributed by atoms with van der Waals surface area (Å²) in [7, 11) is -3.28. The lowest BCUT2D eigenvalue weighted by Crippen LogP contribution is -2.52. The Kier molecular flexibility index (Phi) is 6.41. The first-order chi connectivity index (χ1) is 13.2. The maximum atomic E-state index is 13.4. The van der Waals surface area contributed by atoms with E-state index in [1.165, 1.54) is 16.4 Å². The van der Waals surface area contributed by atoms with Gasteiger partial charge < -0.3 is 10.0 Å². The van der Waals surface area contributed by atoms with E-state index in [2.05, 4.69) is 0 Å². The fourth-order valence-electron chi connectivity index (χ4n) is 4.18. The van der Waals surface area contributed by atoms with Gasteiger partial charge in [0.25, 0.3) is 0 Å². The van der Waals surface area contributed by atoms with Gasteiger partial charge in [0.1, 0.15) is 5.82 Å². The summed E-state index contributed by atoms with van der Waals surface area (Å²) in [6.45, 7) is 3.21. The first-order valence-electron chi connectivity index (χ1n) is 9.96. The van der Waals surface area contributed by atoms with E-state index in [9.17, 15) is 22.7 Å². The van der Waals surface area contributed by atoms with Crippen molar-refractivity contribution in [3.63, 3.8) is 0 Å². The Labute approximate surface area is 166 Å². The molecule has 0 aromatic heterocycles. The quantitative estimate of drug-likeness (QED) is 0.800. The lowest BCUT2D eigenvalue weighted by Gasteiger charge is -2.41. The van der Waals surface area contributed by atoms with Gasteiger partial charge >= 0.3 is 0 Å². The van der Waals surface area contributed by atoms with E-state index in [0.717, 1.165) is 5.56 Å². The summed E-state index contributed by atoms with van der Waals surface area (Å²) in [5.74, 6) is -0.615. The molecule has 8 heteroatoms. The van der Waals surface area contributed by atoms with Crippen LogP contribution >= 0.6 is 0 Å². The Morgan fingerprint density at radius 1 is 1.29 bits per heavy atom. The maximum Gasteiger partial charge on any atom is 0.227 e. The summed E-state index contributed by atoms with van der Waals surface area (Å²) in [6, 6.07) is 6.23. The number of rotatable bonds is 5. The largest absolute Gasteiger partial charge is 0.389 e. The molecule has 156 valence electrons. The Bertz CT molecular complexity index is 806. The Morgan fingerprint density at radius 3 is 2.64 bits per heavy atom. The highest BCUT2D eigenvalue weighted by Crippen LogP contribution is 2.29. The van der Waals surface area contributed by atoms with Gasteiger partial charge in [-0.1, -0.05) is 12.1 Å². The van der Waals surface area contributed by atoms with E-state index in [0.29, 0.717) is 51.7 Å². The number of nitrogens with zero attached hydrogens (tertiary/aromatic N) is 2. The molecular formula is C20H29FN2O4S. The number of aliphatic hydroxyl groups is 1. The minimum Gasteiger partial charge on any atom is -0.389 e. The van der Waals surface area contributed by atoms with Gasteiger partial charge in [-0.05, 0) is 50.3 Å². The monoisotopic (exact) mass is 412 g/mol. The molecule has 0 spiro atoms. The molecule has 1 amide bonds. The van der Waals surface area contributed by atoms with Crippen molar-refractivity contribution in [2.24, 2.45) is 5.92 Å². The molecule has 1 N–H and O–H groups in total. The van der Waals surface area contributed by atoms with E-state index in [4.69, 9.17) is 0 Å². The predicted molar refractivity (Wildman–Crippen MR) is 105 cm³/mol. The molecule has 1 aromatic carbocycles. The highest BCUT2D eigenvalue weighted by molar-refractivity contribution is 7.89. The number of likely N-dealkylation sites (tertiary alicyclic amines) is 1. The van der Waals surface area contributed by atoms with Gasteiger partial charge in [-0.25, -0.2) is 17.1 Å². The summed E-state index contributed by atoms with van der Waals surface area (Å²) >= 11 is 0. The minimum absolute atomic E-state index is 0.0243. The number of halogens is 1. The van der Waals surface area contributed by atoms with Crippen molar-refractivity contribution < 1.29 is 22.7 Å². The van der Waals surface area contributed by atoms with Crippen molar-refractivity contribution in [1.82, 2.24) is 9.21 Å². The fraction of sp³-hybridized carbons (Fsp3) is 0.650.